The Morgan fingerprint density at radius 2 is 2.40 bits per heavy atom. The van der Waals surface area contributed by atoms with Gasteiger partial charge < -0.3 is 5.11 Å². The molecular formula is C4H8O. The smallest absolute Gasteiger partial charge is 0.0462 e. The van der Waals surface area contributed by atoms with Gasteiger partial charge in [0.2, 0.25) is 0 Å². The first-order chi connectivity index (χ1) is 2.41. The van der Waals surface area contributed by atoms with E-state index in [2.05, 4.69) is 6.92 Å². The van der Waals surface area contributed by atoms with Crippen LogP contribution in [0, 0.1) is 13.3 Å². The highest BCUT2D eigenvalue weighted by atomic mass is 16.2. The van der Waals surface area contributed by atoms with Crippen molar-refractivity contribution >= 4 is 0 Å². The monoisotopic (exact) mass is 72.1 g/mol. The molecule has 0 spiro atoms. The highest BCUT2D eigenvalue weighted by Gasteiger charge is 1.70. The number of aliphatic hydroxyl groups excluding tert-OH is 1. The van der Waals surface area contributed by atoms with Crippen molar-refractivity contribution in [1.82, 2.24) is 0 Å². The number of hydrogen-bond donors (Lipinski definition) is 1. The summed E-state index contributed by atoms with van der Waals surface area (Å²) in [4.78, 5) is 0. The van der Waals surface area contributed by atoms with Gasteiger partial charge in [-0.05, 0) is 12.8 Å². The minimum Gasteiger partial charge on any atom is -0.396 e. The van der Waals surface area contributed by atoms with Gasteiger partial charge in [-0.1, -0.05) is 6.92 Å². The molecule has 0 saturated heterocycles. The predicted molar refractivity (Wildman–Crippen MR) is 21.4 cm³/mol. The lowest BCUT2D eigenvalue weighted by Gasteiger charge is -1.78. The lowest BCUT2D eigenvalue weighted by Crippen LogP contribution is -1.77. The Morgan fingerprint density at radius 3 is 2.40 bits per heavy atom. The summed E-state index contributed by atoms with van der Waals surface area (Å²) in [6, 6.07) is 0. The molecule has 0 aromatic rings. The Labute approximate surface area is 32.6 Å². The summed E-state index contributed by atoms with van der Waals surface area (Å²) in [7, 11) is 0. The molecule has 1 nitrogen and oxygen atoms in total. The Bertz CT molecular complexity index is 11.1. The molecule has 2 radical (unpaired) electrons. The van der Waals surface area contributed by atoms with Crippen LogP contribution in [0.25, 0.3) is 0 Å². The largest absolute Gasteiger partial charge is 0.396 e. The van der Waals surface area contributed by atoms with E-state index in [-0.39, 0.29) is 6.61 Å². The molecular weight excluding hydrogens is 64.0 g/mol. The normalized spacial score (nSPS) is 8.40. The van der Waals surface area contributed by atoms with Gasteiger partial charge in [0.15, 0.2) is 0 Å². The Balaban J connectivity index is 2.19. The fourth-order valence-corrected chi connectivity index (χ4v) is 0.0913. The Morgan fingerprint density at radius 1 is 1.80 bits per heavy atom. The zero-order valence-electron chi connectivity index (χ0n) is 3.15. The molecule has 0 amide bonds. The fourth-order valence-electron chi connectivity index (χ4n) is 0.0913. The number of aliphatic hydroxyl groups is 1. The van der Waals surface area contributed by atoms with Gasteiger partial charge >= 0.3 is 0 Å². The fraction of sp³-hybridized carbons (Fsp3) is 0.500. The van der Waals surface area contributed by atoms with Crippen molar-refractivity contribution in [2.75, 3.05) is 6.61 Å². The van der Waals surface area contributed by atoms with Crippen LogP contribution in [0.1, 0.15) is 6.42 Å². The van der Waals surface area contributed by atoms with Crippen LogP contribution < -0.4 is 0 Å². The topological polar surface area (TPSA) is 20.2 Å². The van der Waals surface area contributed by atoms with Gasteiger partial charge in [0.1, 0.15) is 0 Å². The molecule has 0 aliphatic carbocycles. The van der Waals surface area contributed by atoms with Crippen LogP contribution in [0.5, 0.6) is 0 Å². The molecule has 0 bridgehead atoms. The van der Waals surface area contributed by atoms with Crippen LogP contribution in [0.15, 0.2) is 0 Å². The highest BCUT2D eigenvalue weighted by Crippen LogP contribution is 1.75. The molecule has 0 unspecified atom stereocenters. The summed E-state index contributed by atoms with van der Waals surface area (Å²) < 4.78 is 0. The van der Waals surface area contributed by atoms with E-state index in [0.717, 1.165) is 6.42 Å². The van der Waals surface area contributed by atoms with Crippen molar-refractivity contribution in [3.63, 3.8) is 0 Å². The minimum atomic E-state index is 0.156. The highest BCUT2D eigenvalue weighted by molar-refractivity contribution is 4.61. The van der Waals surface area contributed by atoms with Crippen LogP contribution in [0.3, 0.4) is 0 Å². The summed E-state index contributed by atoms with van der Waals surface area (Å²) in [5, 5.41) is 7.97. The molecule has 0 atom stereocenters. The van der Waals surface area contributed by atoms with Crippen molar-refractivity contribution in [2.45, 2.75) is 6.42 Å². The second-order valence-corrected chi connectivity index (χ2v) is 0.760. The van der Waals surface area contributed by atoms with Crippen LogP contribution in [0.2, 0.25) is 0 Å². The van der Waals surface area contributed by atoms with Crippen molar-refractivity contribution in [3.8, 4) is 0 Å². The molecule has 0 heterocycles. The van der Waals surface area contributed by atoms with E-state index in [1.165, 1.54) is 0 Å². The van der Waals surface area contributed by atoms with Crippen LogP contribution >= 0.6 is 0 Å². The SMILES string of the molecule is [CH2]C[CH]CO. The molecule has 0 aliphatic heterocycles. The molecule has 0 rings (SSSR count). The van der Waals surface area contributed by atoms with Crippen molar-refractivity contribution in [1.29, 1.82) is 0 Å². The first kappa shape index (κ1) is 4.96. The van der Waals surface area contributed by atoms with Crippen LogP contribution in [-0.4, -0.2) is 11.7 Å². The standard InChI is InChI=1S/C4H8O/c1-2-3-4-5/h3,5H,1-2,4H2. The third-order valence-corrected chi connectivity index (χ3v) is 0.333. The summed E-state index contributed by atoms with van der Waals surface area (Å²) in [5.41, 5.74) is 0. The first-order valence-electron chi connectivity index (χ1n) is 1.63. The summed E-state index contributed by atoms with van der Waals surface area (Å²) in [6.07, 6.45) is 2.41. The summed E-state index contributed by atoms with van der Waals surface area (Å²) >= 11 is 0. The van der Waals surface area contributed by atoms with Crippen molar-refractivity contribution in [2.24, 2.45) is 0 Å². The lowest BCUT2D eigenvalue weighted by atomic mass is 10.4. The van der Waals surface area contributed by atoms with E-state index >= 15 is 0 Å². The number of hydrogen-bond acceptors (Lipinski definition) is 1. The maximum absolute atomic E-state index is 7.97. The molecule has 0 saturated carbocycles. The quantitative estimate of drug-likeness (QED) is 0.501. The molecule has 5 heavy (non-hydrogen) atoms. The zero-order valence-corrected chi connectivity index (χ0v) is 3.15. The molecule has 0 aromatic carbocycles. The Hall–Kier alpha value is -0.0400. The van der Waals surface area contributed by atoms with Gasteiger partial charge in [-0.15, -0.1) is 0 Å². The molecule has 30 valence electrons. The van der Waals surface area contributed by atoms with Gasteiger partial charge in [0, 0.05) is 6.61 Å². The van der Waals surface area contributed by atoms with Crippen LogP contribution in [0.4, 0.5) is 0 Å². The van der Waals surface area contributed by atoms with Crippen LogP contribution in [-0.2, 0) is 0 Å². The van der Waals surface area contributed by atoms with E-state index in [1.54, 1.807) is 6.42 Å². The second kappa shape index (κ2) is 3.96. The van der Waals surface area contributed by atoms with E-state index in [4.69, 9.17) is 5.11 Å². The van der Waals surface area contributed by atoms with Gasteiger partial charge in [-0.2, -0.15) is 0 Å². The summed E-state index contributed by atoms with van der Waals surface area (Å²) in [6.45, 7) is 3.62. The number of rotatable bonds is 2. The molecule has 1 heteroatoms. The van der Waals surface area contributed by atoms with E-state index < -0.39 is 0 Å². The van der Waals surface area contributed by atoms with Gasteiger partial charge in [-0.3, -0.25) is 0 Å². The summed E-state index contributed by atoms with van der Waals surface area (Å²) in [5.74, 6) is 0. The average Bonchev–Trinajstić information content (AvgIpc) is 1.41. The van der Waals surface area contributed by atoms with E-state index in [1.807, 2.05) is 0 Å². The second-order valence-electron chi connectivity index (χ2n) is 0.760. The molecule has 0 aromatic heterocycles. The van der Waals surface area contributed by atoms with E-state index in [0.29, 0.717) is 0 Å². The van der Waals surface area contributed by atoms with Crippen molar-refractivity contribution < 1.29 is 5.11 Å². The minimum absolute atomic E-state index is 0.156. The molecule has 0 fully saturated rings. The number of unbranched alkanes of at least 4 members (excludes halogenated alkanes) is 1. The third kappa shape index (κ3) is 3.96. The molecule has 0 aliphatic rings. The van der Waals surface area contributed by atoms with Gasteiger partial charge in [0.05, 0.1) is 0 Å². The Kier molecular flexibility index (Phi) is 3.93. The van der Waals surface area contributed by atoms with Gasteiger partial charge in [0.25, 0.3) is 0 Å². The lowest BCUT2D eigenvalue weighted by molar-refractivity contribution is 0.326. The average molecular weight is 72.1 g/mol. The molecule has 1 N–H and O–H groups in total. The maximum Gasteiger partial charge on any atom is 0.0462 e. The third-order valence-electron chi connectivity index (χ3n) is 0.333. The van der Waals surface area contributed by atoms with Gasteiger partial charge in [-0.25, -0.2) is 0 Å². The zero-order chi connectivity index (χ0) is 4.12. The first-order valence-corrected chi connectivity index (χ1v) is 1.63. The van der Waals surface area contributed by atoms with Crippen molar-refractivity contribution in [3.05, 3.63) is 13.3 Å². The van der Waals surface area contributed by atoms with E-state index in [9.17, 15) is 0 Å². The maximum atomic E-state index is 7.97. The predicted octanol–water partition coefficient (Wildman–Crippen LogP) is 0.407.